The van der Waals surface area contributed by atoms with Crippen molar-refractivity contribution in [3.8, 4) is 0 Å². The summed E-state index contributed by atoms with van der Waals surface area (Å²) in [5.41, 5.74) is 7.26. The van der Waals surface area contributed by atoms with Crippen molar-refractivity contribution in [1.29, 1.82) is 0 Å². The van der Waals surface area contributed by atoms with Gasteiger partial charge in [-0.25, -0.2) is 0 Å². The molecule has 1 unspecified atom stereocenters. The first kappa shape index (κ1) is 15.6. The highest BCUT2D eigenvalue weighted by molar-refractivity contribution is 9.10. The lowest BCUT2D eigenvalue weighted by molar-refractivity contribution is 0.192. The van der Waals surface area contributed by atoms with E-state index in [0.29, 0.717) is 11.3 Å². The molecular formula is C14H20BrClN2S. The summed E-state index contributed by atoms with van der Waals surface area (Å²) in [5.74, 6) is 1.16. The lowest BCUT2D eigenvalue weighted by Gasteiger charge is -2.42. The third kappa shape index (κ3) is 3.88. The fourth-order valence-corrected chi connectivity index (χ4v) is 4.65. The van der Waals surface area contributed by atoms with E-state index in [2.05, 4.69) is 40.7 Å². The number of thioether (sulfide) groups is 1. The molecule has 1 aromatic rings. The highest BCUT2D eigenvalue weighted by Gasteiger charge is 2.31. The average Bonchev–Trinajstić information content (AvgIpc) is 2.31. The Morgan fingerprint density at radius 3 is 2.84 bits per heavy atom. The summed E-state index contributed by atoms with van der Waals surface area (Å²) in [4.78, 5) is 2.49. The molecule has 0 aromatic heterocycles. The van der Waals surface area contributed by atoms with Gasteiger partial charge >= 0.3 is 0 Å². The molecule has 0 aliphatic carbocycles. The monoisotopic (exact) mass is 362 g/mol. The highest BCUT2D eigenvalue weighted by atomic mass is 79.9. The van der Waals surface area contributed by atoms with Gasteiger partial charge in [-0.2, -0.15) is 11.8 Å². The number of halogens is 2. The minimum atomic E-state index is 0.256. The van der Waals surface area contributed by atoms with Gasteiger partial charge in [0.05, 0.1) is 0 Å². The second-order valence-electron chi connectivity index (χ2n) is 5.50. The Hall–Kier alpha value is 0.260. The number of rotatable bonds is 3. The van der Waals surface area contributed by atoms with Crippen LogP contribution in [-0.4, -0.2) is 35.0 Å². The third-order valence-electron chi connectivity index (χ3n) is 3.44. The van der Waals surface area contributed by atoms with E-state index in [1.807, 2.05) is 23.9 Å². The lowest BCUT2D eigenvalue weighted by Crippen LogP contribution is -2.46. The van der Waals surface area contributed by atoms with Gasteiger partial charge in [0.1, 0.15) is 0 Å². The van der Waals surface area contributed by atoms with Crippen LogP contribution < -0.4 is 5.73 Å². The van der Waals surface area contributed by atoms with E-state index in [-0.39, 0.29) is 6.04 Å². The van der Waals surface area contributed by atoms with Crippen molar-refractivity contribution < 1.29 is 0 Å². The van der Waals surface area contributed by atoms with E-state index in [9.17, 15) is 0 Å². The van der Waals surface area contributed by atoms with Crippen molar-refractivity contribution in [3.63, 3.8) is 0 Å². The van der Waals surface area contributed by atoms with Crippen LogP contribution >= 0.6 is 39.3 Å². The second kappa shape index (κ2) is 6.35. The van der Waals surface area contributed by atoms with Crippen LogP contribution in [0.2, 0.25) is 5.02 Å². The van der Waals surface area contributed by atoms with Crippen LogP contribution in [0.15, 0.2) is 22.7 Å². The molecule has 106 valence electrons. The fraction of sp³-hybridized carbons (Fsp3) is 0.571. The van der Waals surface area contributed by atoms with E-state index >= 15 is 0 Å². The van der Waals surface area contributed by atoms with E-state index in [0.717, 1.165) is 28.3 Å². The molecule has 2 rings (SSSR count). The van der Waals surface area contributed by atoms with Gasteiger partial charge in [0.2, 0.25) is 0 Å². The van der Waals surface area contributed by atoms with E-state index in [4.69, 9.17) is 17.3 Å². The zero-order valence-electron chi connectivity index (χ0n) is 11.3. The molecule has 1 aromatic carbocycles. The van der Waals surface area contributed by atoms with Crippen molar-refractivity contribution in [2.24, 2.45) is 5.73 Å². The van der Waals surface area contributed by atoms with Gasteiger partial charge in [0.25, 0.3) is 0 Å². The normalized spacial score (nSPS) is 21.3. The third-order valence-corrected chi connectivity index (χ3v) is 5.66. The molecular weight excluding hydrogens is 344 g/mol. The molecule has 0 amide bonds. The Bertz CT molecular complexity index is 453. The van der Waals surface area contributed by atoms with Crippen LogP contribution in [0.3, 0.4) is 0 Å². The molecule has 0 spiro atoms. The number of nitrogens with two attached hydrogens (primary N) is 1. The number of nitrogens with zero attached hydrogens (tertiary/aromatic N) is 1. The molecule has 1 heterocycles. The van der Waals surface area contributed by atoms with Crippen LogP contribution in [0.25, 0.3) is 0 Å². The van der Waals surface area contributed by atoms with Crippen LogP contribution in [0.1, 0.15) is 25.5 Å². The molecule has 1 aliphatic heterocycles. The maximum absolute atomic E-state index is 6.03. The molecule has 1 aliphatic rings. The maximum Gasteiger partial charge on any atom is 0.0482 e. The summed E-state index contributed by atoms with van der Waals surface area (Å²) >= 11 is 11.7. The van der Waals surface area contributed by atoms with Crippen LogP contribution in [0.5, 0.6) is 0 Å². The molecule has 1 fully saturated rings. The summed E-state index contributed by atoms with van der Waals surface area (Å²) in [7, 11) is 0. The first-order valence-corrected chi connectivity index (χ1v) is 8.61. The zero-order valence-corrected chi connectivity index (χ0v) is 14.5. The number of benzene rings is 1. The Morgan fingerprint density at radius 1 is 1.53 bits per heavy atom. The average molecular weight is 364 g/mol. The van der Waals surface area contributed by atoms with Gasteiger partial charge in [-0.05, 0) is 31.5 Å². The zero-order chi connectivity index (χ0) is 14.0. The lowest BCUT2D eigenvalue weighted by atomic mass is 10.0. The van der Waals surface area contributed by atoms with E-state index in [1.165, 1.54) is 5.56 Å². The maximum atomic E-state index is 6.03. The fourth-order valence-electron chi connectivity index (χ4n) is 2.56. The summed E-state index contributed by atoms with van der Waals surface area (Å²) in [5, 5.41) is 0.751. The topological polar surface area (TPSA) is 29.3 Å². The Kier molecular flexibility index (Phi) is 5.23. The van der Waals surface area contributed by atoms with Crippen LogP contribution in [0, 0.1) is 0 Å². The van der Waals surface area contributed by atoms with E-state index in [1.54, 1.807) is 0 Å². The van der Waals surface area contributed by atoms with Crippen LogP contribution in [0.4, 0.5) is 0 Å². The Labute approximate surface area is 133 Å². The predicted molar refractivity (Wildman–Crippen MR) is 89.1 cm³/mol. The molecule has 1 saturated heterocycles. The van der Waals surface area contributed by atoms with Gasteiger partial charge in [-0.15, -0.1) is 0 Å². The molecule has 0 radical (unpaired) electrons. The van der Waals surface area contributed by atoms with Crippen molar-refractivity contribution in [2.75, 3.05) is 25.4 Å². The minimum absolute atomic E-state index is 0.256. The number of hydrogen-bond donors (Lipinski definition) is 1. The summed E-state index contributed by atoms with van der Waals surface area (Å²) in [6.07, 6.45) is 0. The number of hydrogen-bond acceptors (Lipinski definition) is 3. The molecule has 1 atom stereocenters. The molecule has 5 heteroatoms. The summed E-state index contributed by atoms with van der Waals surface area (Å²) in [6, 6.07) is 6.22. The second-order valence-corrected chi connectivity index (χ2v) is 8.59. The van der Waals surface area contributed by atoms with Crippen molar-refractivity contribution in [3.05, 3.63) is 33.3 Å². The predicted octanol–water partition coefficient (Wildman–Crippen LogP) is 3.93. The quantitative estimate of drug-likeness (QED) is 0.882. The van der Waals surface area contributed by atoms with Crippen molar-refractivity contribution in [1.82, 2.24) is 4.90 Å². The van der Waals surface area contributed by atoms with E-state index < -0.39 is 0 Å². The highest BCUT2D eigenvalue weighted by Crippen LogP contribution is 2.36. The molecule has 2 N–H and O–H groups in total. The first-order valence-electron chi connectivity index (χ1n) is 6.46. The standard InChI is InChI=1S/C14H20BrClN2S/c1-14(2)9-18(5-6-19-14)13(8-17)11-4-3-10(16)7-12(11)15/h3-4,7,13H,5-6,8-9,17H2,1-2H3. The van der Waals surface area contributed by atoms with Gasteiger partial charge in [0, 0.05) is 45.7 Å². The first-order chi connectivity index (χ1) is 8.93. The van der Waals surface area contributed by atoms with Gasteiger partial charge in [-0.1, -0.05) is 33.6 Å². The van der Waals surface area contributed by atoms with Crippen molar-refractivity contribution >= 4 is 39.3 Å². The SMILES string of the molecule is CC1(C)CN(C(CN)c2ccc(Cl)cc2Br)CCS1. The Morgan fingerprint density at radius 2 is 2.26 bits per heavy atom. The summed E-state index contributed by atoms with van der Waals surface area (Å²) in [6.45, 7) is 7.38. The van der Waals surface area contributed by atoms with Gasteiger partial charge in [0.15, 0.2) is 0 Å². The van der Waals surface area contributed by atoms with Crippen LogP contribution in [-0.2, 0) is 0 Å². The van der Waals surface area contributed by atoms with Crippen molar-refractivity contribution in [2.45, 2.75) is 24.6 Å². The molecule has 2 nitrogen and oxygen atoms in total. The molecule has 19 heavy (non-hydrogen) atoms. The minimum Gasteiger partial charge on any atom is -0.329 e. The largest absolute Gasteiger partial charge is 0.329 e. The Balaban J connectivity index is 2.24. The molecule has 0 bridgehead atoms. The van der Waals surface area contributed by atoms with Gasteiger partial charge < -0.3 is 5.73 Å². The summed E-state index contributed by atoms with van der Waals surface area (Å²) < 4.78 is 1.34. The van der Waals surface area contributed by atoms with Gasteiger partial charge in [-0.3, -0.25) is 4.90 Å². The molecule has 0 saturated carbocycles. The smallest absolute Gasteiger partial charge is 0.0482 e.